The molecule has 0 spiro atoms. The molecule has 0 amide bonds. The number of hydrogen-bond donors (Lipinski definition) is 0. The summed E-state index contributed by atoms with van der Waals surface area (Å²) in [6.45, 7) is 5.01. The van der Waals surface area contributed by atoms with Gasteiger partial charge in [-0.2, -0.15) is 0 Å². The molecular formula is C17H18O4. The monoisotopic (exact) mass is 286 g/mol. The zero-order valence-electron chi connectivity index (χ0n) is 12.2. The Balaban J connectivity index is 1.80. The number of rotatable bonds is 7. The molecule has 0 aliphatic rings. The van der Waals surface area contributed by atoms with Crippen LogP contribution >= 0.6 is 0 Å². The third-order valence-corrected chi connectivity index (χ3v) is 3.02. The molecule has 21 heavy (non-hydrogen) atoms. The first-order valence-corrected chi connectivity index (χ1v) is 6.66. The zero-order chi connectivity index (χ0) is 15.1. The Morgan fingerprint density at radius 3 is 2.48 bits per heavy atom. The smallest absolute Gasteiger partial charge is 0.298 e. The minimum atomic E-state index is 0.169. The Kier molecular flexibility index (Phi) is 5.35. The molecule has 110 valence electrons. The van der Waals surface area contributed by atoms with E-state index >= 15 is 0 Å². The summed E-state index contributed by atoms with van der Waals surface area (Å²) in [5.41, 5.74) is 3.21. The third kappa shape index (κ3) is 4.61. The minimum absolute atomic E-state index is 0.169. The highest BCUT2D eigenvalue weighted by molar-refractivity contribution is 5.48. The Morgan fingerprint density at radius 2 is 1.81 bits per heavy atom. The van der Waals surface area contributed by atoms with Crippen molar-refractivity contribution in [1.82, 2.24) is 0 Å². The van der Waals surface area contributed by atoms with E-state index < -0.39 is 0 Å². The quantitative estimate of drug-likeness (QED) is 0.444. The summed E-state index contributed by atoms with van der Waals surface area (Å²) in [5.74, 6) is 1.20. The van der Waals surface area contributed by atoms with Gasteiger partial charge in [-0.25, -0.2) is 0 Å². The van der Waals surface area contributed by atoms with E-state index in [0.717, 1.165) is 11.1 Å². The Morgan fingerprint density at radius 1 is 1.05 bits per heavy atom. The molecule has 2 aromatic rings. The minimum Gasteiger partial charge on any atom is -0.467 e. The first-order chi connectivity index (χ1) is 10.2. The molecule has 0 aliphatic heterocycles. The van der Waals surface area contributed by atoms with Crippen LogP contribution in [0.3, 0.4) is 0 Å². The van der Waals surface area contributed by atoms with Gasteiger partial charge in [0.25, 0.3) is 6.47 Å². The maximum absolute atomic E-state index is 10.3. The van der Waals surface area contributed by atoms with Crippen LogP contribution in [0.1, 0.15) is 16.7 Å². The molecular weight excluding hydrogens is 268 g/mol. The number of hydrogen-bond acceptors (Lipinski definition) is 4. The first kappa shape index (κ1) is 15.1. The lowest BCUT2D eigenvalue weighted by Gasteiger charge is -2.10. The highest BCUT2D eigenvalue weighted by Gasteiger charge is 2.02. The second-order valence-corrected chi connectivity index (χ2v) is 4.74. The standard InChI is InChI=1S/C17H18O4/c1-13-3-5-15(6-4-13)10-19-12-21-17-8-7-16(20-11-18)9-14(17)2/h3-9,11H,10,12H2,1-2H3. The van der Waals surface area contributed by atoms with Gasteiger partial charge in [0.2, 0.25) is 0 Å². The second kappa shape index (κ2) is 7.45. The predicted octanol–water partition coefficient (Wildman–Crippen LogP) is 3.39. The lowest BCUT2D eigenvalue weighted by atomic mass is 10.2. The van der Waals surface area contributed by atoms with Gasteiger partial charge in [0.15, 0.2) is 6.79 Å². The summed E-state index contributed by atoms with van der Waals surface area (Å²) in [6.07, 6.45) is 0. The van der Waals surface area contributed by atoms with E-state index in [2.05, 4.69) is 19.1 Å². The predicted molar refractivity (Wildman–Crippen MR) is 79.3 cm³/mol. The SMILES string of the molecule is Cc1ccc(COCOc2ccc(OC=O)cc2C)cc1. The highest BCUT2D eigenvalue weighted by Crippen LogP contribution is 2.23. The molecule has 0 aliphatic carbocycles. The normalized spacial score (nSPS) is 10.2. The maximum atomic E-state index is 10.3. The zero-order valence-corrected chi connectivity index (χ0v) is 12.2. The van der Waals surface area contributed by atoms with Crippen LogP contribution in [0.5, 0.6) is 11.5 Å². The van der Waals surface area contributed by atoms with Crippen LogP contribution in [-0.2, 0) is 16.1 Å². The van der Waals surface area contributed by atoms with Crippen molar-refractivity contribution >= 4 is 6.47 Å². The van der Waals surface area contributed by atoms with Crippen LogP contribution in [-0.4, -0.2) is 13.3 Å². The van der Waals surface area contributed by atoms with Crippen LogP contribution in [0.25, 0.3) is 0 Å². The van der Waals surface area contributed by atoms with Crippen LogP contribution in [0.15, 0.2) is 42.5 Å². The van der Waals surface area contributed by atoms with E-state index in [-0.39, 0.29) is 6.79 Å². The Labute approximate surface area is 124 Å². The molecule has 0 bridgehead atoms. The van der Waals surface area contributed by atoms with Gasteiger partial charge in [-0.1, -0.05) is 29.8 Å². The van der Waals surface area contributed by atoms with Crippen molar-refractivity contribution < 1.29 is 19.0 Å². The van der Waals surface area contributed by atoms with Gasteiger partial charge in [0, 0.05) is 0 Å². The molecule has 0 fully saturated rings. The molecule has 0 saturated heterocycles. The van der Waals surface area contributed by atoms with E-state index in [1.54, 1.807) is 18.2 Å². The molecule has 0 aromatic heterocycles. The number of carbonyl (C=O) groups excluding carboxylic acids is 1. The Bertz CT molecular complexity index is 590. The van der Waals surface area contributed by atoms with Crippen LogP contribution < -0.4 is 9.47 Å². The molecule has 2 rings (SSSR count). The van der Waals surface area contributed by atoms with Gasteiger partial charge < -0.3 is 14.2 Å². The average Bonchev–Trinajstić information content (AvgIpc) is 2.47. The van der Waals surface area contributed by atoms with Crippen LogP contribution in [0.4, 0.5) is 0 Å². The van der Waals surface area contributed by atoms with Crippen molar-refractivity contribution in [3.8, 4) is 11.5 Å². The van der Waals surface area contributed by atoms with Gasteiger partial charge in [-0.15, -0.1) is 0 Å². The molecule has 0 saturated carbocycles. The maximum Gasteiger partial charge on any atom is 0.298 e. The van der Waals surface area contributed by atoms with Crippen molar-refractivity contribution in [3.63, 3.8) is 0 Å². The topological polar surface area (TPSA) is 44.8 Å². The van der Waals surface area contributed by atoms with Crippen molar-refractivity contribution in [2.75, 3.05) is 6.79 Å². The highest BCUT2D eigenvalue weighted by atomic mass is 16.7. The Hall–Kier alpha value is -2.33. The van der Waals surface area contributed by atoms with E-state index in [9.17, 15) is 4.79 Å². The fourth-order valence-corrected chi connectivity index (χ4v) is 1.86. The third-order valence-electron chi connectivity index (χ3n) is 3.02. The molecule has 2 aromatic carbocycles. The number of ether oxygens (including phenoxy) is 3. The van der Waals surface area contributed by atoms with E-state index in [4.69, 9.17) is 14.2 Å². The van der Waals surface area contributed by atoms with Gasteiger partial charge in [0.1, 0.15) is 11.5 Å². The second-order valence-electron chi connectivity index (χ2n) is 4.74. The van der Waals surface area contributed by atoms with Crippen LogP contribution in [0.2, 0.25) is 0 Å². The van der Waals surface area contributed by atoms with Crippen molar-refractivity contribution in [3.05, 3.63) is 59.2 Å². The number of benzene rings is 2. The van der Waals surface area contributed by atoms with Gasteiger partial charge in [-0.05, 0) is 43.2 Å². The molecule has 0 heterocycles. The summed E-state index contributed by atoms with van der Waals surface area (Å²) < 4.78 is 15.8. The summed E-state index contributed by atoms with van der Waals surface area (Å²) in [6, 6.07) is 13.3. The lowest BCUT2D eigenvalue weighted by Crippen LogP contribution is -2.04. The first-order valence-electron chi connectivity index (χ1n) is 6.66. The average molecular weight is 286 g/mol. The van der Waals surface area contributed by atoms with Gasteiger partial charge >= 0.3 is 0 Å². The van der Waals surface area contributed by atoms with Gasteiger partial charge in [-0.3, -0.25) is 4.79 Å². The largest absolute Gasteiger partial charge is 0.467 e. The summed E-state index contributed by atoms with van der Waals surface area (Å²) in [4.78, 5) is 10.3. The fourth-order valence-electron chi connectivity index (χ4n) is 1.86. The number of carbonyl (C=O) groups is 1. The van der Waals surface area contributed by atoms with Crippen molar-refractivity contribution in [2.24, 2.45) is 0 Å². The lowest BCUT2D eigenvalue weighted by molar-refractivity contribution is -0.120. The summed E-state index contributed by atoms with van der Waals surface area (Å²) in [5, 5.41) is 0. The van der Waals surface area contributed by atoms with Crippen LogP contribution in [0, 0.1) is 13.8 Å². The molecule has 4 nitrogen and oxygen atoms in total. The summed E-state index contributed by atoms with van der Waals surface area (Å²) >= 11 is 0. The summed E-state index contributed by atoms with van der Waals surface area (Å²) in [7, 11) is 0. The van der Waals surface area contributed by atoms with Gasteiger partial charge in [0.05, 0.1) is 6.61 Å². The molecule has 0 radical (unpaired) electrons. The molecule has 0 atom stereocenters. The number of aryl methyl sites for hydroxylation is 2. The van der Waals surface area contributed by atoms with E-state index in [1.165, 1.54) is 5.56 Å². The van der Waals surface area contributed by atoms with E-state index in [1.807, 2.05) is 19.1 Å². The molecule has 0 N–H and O–H groups in total. The van der Waals surface area contributed by atoms with Crippen molar-refractivity contribution in [1.29, 1.82) is 0 Å². The van der Waals surface area contributed by atoms with E-state index in [0.29, 0.717) is 24.6 Å². The molecule has 4 heteroatoms. The molecule has 0 unspecified atom stereocenters. The van der Waals surface area contributed by atoms with Crippen molar-refractivity contribution in [2.45, 2.75) is 20.5 Å². The fraction of sp³-hybridized carbons (Fsp3) is 0.235.